The molecule has 4 rings (SSSR count). The first-order chi connectivity index (χ1) is 14.2. The zero-order valence-electron chi connectivity index (χ0n) is 15.9. The number of aromatic hydroxyl groups is 1. The lowest BCUT2D eigenvalue weighted by atomic mass is 10.1. The van der Waals surface area contributed by atoms with Crippen molar-refractivity contribution in [1.82, 2.24) is 19.7 Å². The molecule has 3 aromatic rings. The first-order valence-corrected chi connectivity index (χ1v) is 10.4. The highest BCUT2D eigenvalue weighted by atomic mass is 32.2. The van der Waals surface area contributed by atoms with Crippen molar-refractivity contribution < 1.29 is 14.6 Å². The van der Waals surface area contributed by atoms with Gasteiger partial charge in [0, 0.05) is 13.1 Å². The van der Waals surface area contributed by atoms with Crippen molar-refractivity contribution in [2.75, 3.05) is 32.1 Å². The summed E-state index contributed by atoms with van der Waals surface area (Å²) in [5.41, 5.74) is 1.70. The Balaban J connectivity index is 1.59. The maximum Gasteiger partial charge on any atom is 0.233 e. The number of rotatable bonds is 6. The Morgan fingerprint density at radius 1 is 1.03 bits per heavy atom. The summed E-state index contributed by atoms with van der Waals surface area (Å²) >= 11 is 1.37. The third-order valence-corrected chi connectivity index (χ3v) is 5.69. The summed E-state index contributed by atoms with van der Waals surface area (Å²) in [6.07, 6.45) is 0. The molecule has 0 atom stereocenters. The van der Waals surface area contributed by atoms with E-state index in [9.17, 15) is 9.90 Å². The SMILES string of the molecule is O=C(CSc1nnc(-c2ccccc2O)n1Cc1ccccc1)N1CCOCC1. The van der Waals surface area contributed by atoms with Gasteiger partial charge in [-0.15, -0.1) is 10.2 Å². The normalized spacial score (nSPS) is 14.1. The van der Waals surface area contributed by atoms with Crippen LogP contribution in [-0.4, -0.2) is 62.7 Å². The molecule has 1 saturated heterocycles. The van der Waals surface area contributed by atoms with Crippen LogP contribution < -0.4 is 0 Å². The van der Waals surface area contributed by atoms with Crippen LogP contribution in [0, 0.1) is 0 Å². The third-order valence-electron chi connectivity index (χ3n) is 4.73. The van der Waals surface area contributed by atoms with Crippen molar-refractivity contribution in [2.45, 2.75) is 11.7 Å². The summed E-state index contributed by atoms with van der Waals surface area (Å²) in [6.45, 7) is 2.96. The fourth-order valence-electron chi connectivity index (χ4n) is 3.20. The van der Waals surface area contributed by atoms with Crippen molar-refractivity contribution in [3.8, 4) is 17.1 Å². The van der Waals surface area contributed by atoms with Crippen molar-refractivity contribution in [3.63, 3.8) is 0 Å². The van der Waals surface area contributed by atoms with Gasteiger partial charge in [0.25, 0.3) is 0 Å². The lowest BCUT2D eigenvalue weighted by Gasteiger charge is -2.26. The molecule has 0 spiro atoms. The molecule has 1 N–H and O–H groups in total. The highest BCUT2D eigenvalue weighted by Crippen LogP contribution is 2.30. The van der Waals surface area contributed by atoms with E-state index in [0.717, 1.165) is 5.56 Å². The van der Waals surface area contributed by atoms with E-state index in [1.54, 1.807) is 12.1 Å². The number of thioether (sulfide) groups is 1. The molecule has 1 aliphatic heterocycles. The van der Waals surface area contributed by atoms with Gasteiger partial charge in [0.1, 0.15) is 5.75 Å². The number of morpholine rings is 1. The molecule has 0 radical (unpaired) electrons. The van der Waals surface area contributed by atoms with Gasteiger partial charge in [-0.05, 0) is 17.7 Å². The molecule has 1 amide bonds. The Bertz CT molecular complexity index is 971. The van der Waals surface area contributed by atoms with Crippen LogP contribution in [0.3, 0.4) is 0 Å². The van der Waals surface area contributed by atoms with Gasteiger partial charge in [0.15, 0.2) is 11.0 Å². The molecule has 150 valence electrons. The highest BCUT2D eigenvalue weighted by Gasteiger charge is 2.21. The van der Waals surface area contributed by atoms with E-state index in [0.29, 0.717) is 49.4 Å². The van der Waals surface area contributed by atoms with Crippen LogP contribution in [-0.2, 0) is 16.1 Å². The summed E-state index contributed by atoms with van der Waals surface area (Å²) in [5, 5.41) is 19.6. The highest BCUT2D eigenvalue weighted by molar-refractivity contribution is 7.99. The first-order valence-electron chi connectivity index (χ1n) is 9.46. The van der Waals surface area contributed by atoms with Crippen molar-refractivity contribution in [2.24, 2.45) is 0 Å². The fourth-order valence-corrected chi connectivity index (χ4v) is 4.04. The molecule has 1 fully saturated rings. The Labute approximate surface area is 173 Å². The molecule has 1 aromatic heterocycles. The topological polar surface area (TPSA) is 80.5 Å². The molecular weight excluding hydrogens is 388 g/mol. The van der Waals surface area contributed by atoms with Crippen LogP contribution in [0.5, 0.6) is 5.75 Å². The van der Waals surface area contributed by atoms with Crippen LogP contribution in [0.1, 0.15) is 5.56 Å². The van der Waals surface area contributed by atoms with E-state index in [4.69, 9.17) is 4.74 Å². The average molecular weight is 410 g/mol. The van der Waals surface area contributed by atoms with Gasteiger partial charge in [0.2, 0.25) is 5.91 Å². The van der Waals surface area contributed by atoms with Gasteiger partial charge in [-0.1, -0.05) is 54.2 Å². The Hall–Kier alpha value is -2.84. The molecule has 1 aliphatic rings. The predicted molar refractivity (Wildman–Crippen MR) is 111 cm³/mol. The molecule has 2 heterocycles. The molecule has 0 aliphatic carbocycles. The van der Waals surface area contributed by atoms with Crippen molar-refractivity contribution >= 4 is 17.7 Å². The van der Waals surface area contributed by atoms with Gasteiger partial charge >= 0.3 is 0 Å². The summed E-state index contributed by atoms with van der Waals surface area (Å²) in [4.78, 5) is 14.3. The van der Waals surface area contributed by atoms with Gasteiger partial charge in [-0.3, -0.25) is 9.36 Å². The number of benzene rings is 2. The number of phenols is 1. The minimum absolute atomic E-state index is 0.0664. The molecule has 8 heteroatoms. The van der Waals surface area contributed by atoms with Gasteiger partial charge in [-0.2, -0.15) is 0 Å². The number of nitrogens with zero attached hydrogens (tertiary/aromatic N) is 4. The smallest absolute Gasteiger partial charge is 0.233 e. The molecule has 7 nitrogen and oxygen atoms in total. The number of hydrogen-bond donors (Lipinski definition) is 1. The summed E-state index contributed by atoms with van der Waals surface area (Å²) < 4.78 is 7.26. The minimum atomic E-state index is 0.0664. The second kappa shape index (κ2) is 9.11. The number of carbonyl (C=O) groups is 1. The van der Waals surface area contributed by atoms with E-state index in [1.165, 1.54) is 11.8 Å². The molecular formula is C21H22N4O3S. The predicted octanol–water partition coefficient (Wildman–Crippen LogP) is 2.65. The molecule has 29 heavy (non-hydrogen) atoms. The van der Waals surface area contributed by atoms with Crippen LogP contribution in [0.25, 0.3) is 11.4 Å². The first kappa shape index (κ1) is 19.5. The number of phenolic OH excluding ortho intramolecular Hbond substituents is 1. The number of para-hydroxylation sites is 1. The van der Waals surface area contributed by atoms with Crippen molar-refractivity contribution in [1.29, 1.82) is 0 Å². The number of carbonyl (C=O) groups excluding carboxylic acids is 1. The molecule has 0 unspecified atom stereocenters. The monoisotopic (exact) mass is 410 g/mol. The van der Waals surface area contributed by atoms with Gasteiger partial charge in [0.05, 0.1) is 31.1 Å². The average Bonchev–Trinajstić information content (AvgIpc) is 3.16. The van der Waals surface area contributed by atoms with Crippen LogP contribution in [0.4, 0.5) is 0 Å². The van der Waals surface area contributed by atoms with Crippen LogP contribution >= 0.6 is 11.8 Å². The molecule has 2 aromatic carbocycles. The quantitative estimate of drug-likeness (QED) is 0.630. The van der Waals surface area contributed by atoms with E-state index in [-0.39, 0.29) is 17.4 Å². The van der Waals surface area contributed by atoms with Crippen LogP contribution in [0.15, 0.2) is 59.8 Å². The van der Waals surface area contributed by atoms with Crippen LogP contribution in [0.2, 0.25) is 0 Å². The minimum Gasteiger partial charge on any atom is -0.507 e. The lowest BCUT2D eigenvalue weighted by molar-refractivity contribution is -0.132. The largest absolute Gasteiger partial charge is 0.507 e. The second-order valence-corrected chi connectivity index (χ2v) is 7.62. The number of hydrogen-bond acceptors (Lipinski definition) is 6. The summed E-state index contributed by atoms with van der Waals surface area (Å²) in [5.74, 6) is 1.08. The van der Waals surface area contributed by atoms with Gasteiger partial charge < -0.3 is 14.7 Å². The van der Waals surface area contributed by atoms with E-state index < -0.39 is 0 Å². The number of aromatic nitrogens is 3. The number of ether oxygens (including phenoxy) is 1. The summed E-state index contributed by atoms with van der Waals surface area (Å²) in [6, 6.07) is 17.1. The standard InChI is InChI=1S/C21H22N4O3S/c26-18-9-5-4-8-17(18)20-22-23-21(25(20)14-16-6-2-1-3-7-16)29-15-19(27)24-10-12-28-13-11-24/h1-9,26H,10-15H2. The molecule has 0 saturated carbocycles. The van der Waals surface area contributed by atoms with Gasteiger partial charge in [-0.25, -0.2) is 0 Å². The fraction of sp³-hybridized carbons (Fsp3) is 0.286. The maximum atomic E-state index is 12.5. The zero-order valence-corrected chi connectivity index (χ0v) is 16.7. The third kappa shape index (κ3) is 4.60. The Morgan fingerprint density at radius 3 is 2.52 bits per heavy atom. The second-order valence-electron chi connectivity index (χ2n) is 6.68. The lowest BCUT2D eigenvalue weighted by Crippen LogP contribution is -2.41. The summed E-state index contributed by atoms with van der Waals surface area (Å²) in [7, 11) is 0. The van der Waals surface area contributed by atoms with Crippen molar-refractivity contribution in [3.05, 3.63) is 60.2 Å². The van der Waals surface area contributed by atoms with E-state index in [2.05, 4.69) is 10.2 Å². The Morgan fingerprint density at radius 2 is 1.76 bits per heavy atom. The zero-order chi connectivity index (χ0) is 20.1. The van der Waals surface area contributed by atoms with E-state index in [1.807, 2.05) is 51.9 Å². The Kier molecular flexibility index (Phi) is 6.12. The van der Waals surface area contributed by atoms with E-state index >= 15 is 0 Å². The maximum absolute atomic E-state index is 12.5. The number of amides is 1. The molecule has 0 bridgehead atoms.